The van der Waals surface area contributed by atoms with Crippen molar-refractivity contribution in [1.29, 1.82) is 0 Å². The molecule has 3 aliphatic rings. The number of hydrogen-bond donors (Lipinski definition) is 2. The van der Waals surface area contributed by atoms with Crippen LogP contribution in [0.15, 0.2) is 52.8 Å². The number of fused-ring (bicyclic) bond motifs is 2. The van der Waals surface area contributed by atoms with Crippen LogP contribution in [0.2, 0.25) is 5.02 Å². The van der Waals surface area contributed by atoms with E-state index >= 15 is 0 Å². The van der Waals surface area contributed by atoms with Gasteiger partial charge in [0.15, 0.2) is 5.65 Å². The number of nitrogen functional groups attached to an aromatic ring is 1. The van der Waals surface area contributed by atoms with Crippen LogP contribution in [0.1, 0.15) is 49.4 Å². The molecule has 1 fully saturated rings. The Morgan fingerprint density at radius 3 is 2.82 bits per heavy atom. The molecule has 0 saturated carbocycles. The van der Waals surface area contributed by atoms with Crippen LogP contribution in [0.4, 0.5) is 11.8 Å². The van der Waals surface area contributed by atoms with E-state index in [4.69, 9.17) is 22.3 Å². The lowest BCUT2D eigenvalue weighted by Crippen LogP contribution is -2.50. The van der Waals surface area contributed by atoms with E-state index in [9.17, 15) is 4.21 Å². The minimum atomic E-state index is -1.14. The van der Waals surface area contributed by atoms with Crippen LogP contribution in [0, 0.1) is 5.41 Å². The minimum absolute atomic E-state index is 0.0429. The summed E-state index contributed by atoms with van der Waals surface area (Å²) in [7, 11) is -1.14. The van der Waals surface area contributed by atoms with Gasteiger partial charge in [-0.2, -0.15) is 0 Å². The van der Waals surface area contributed by atoms with Gasteiger partial charge in [-0.1, -0.05) is 41.6 Å². The van der Waals surface area contributed by atoms with Crippen molar-refractivity contribution >= 4 is 51.8 Å². The van der Waals surface area contributed by atoms with Gasteiger partial charge < -0.3 is 10.6 Å². The zero-order valence-electron chi connectivity index (χ0n) is 21.0. The Hall–Kier alpha value is -2.73. The maximum Gasteiger partial charge on any atom is 0.212 e. The molecular weight excluding hydrogens is 540 g/mol. The van der Waals surface area contributed by atoms with Gasteiger partial charge in [0.1, 0.15) is 23.1 Å². The fourth-order valence-electron chi connectivity index (χ4n) is 6.31. The number of rotatable bonds is 3. The molecule has 2 aliphatic heterocycles. The summed E-state index contributed by atoms with van der Waals surface area (Å²) in [5.41, 5.74) is 10.7. The van der Waals surface area contributed by atoms with Crippen LogP contribution in [0.25, 0.3) is 5.65 Å². The van der Waals surface area contributed by atoms with Crippen LogP contribution in [0.3, 0.4) is 0 Å². The highest BCUT2D eigenvalue weighted by Gasteiger charge is 2.54. The van der Waals surface area contributed by atoms with Gasteiger partial charge in [0, 0.05) is 30.4 Å². The molecular formula is C26H27ClN8OS2. The van der Waals surface area contributed by atoms with Crippen molar-refractivity contribution in [3.8, 4) is 0 Å². The Morgan fingerprint density at radius 2 is 2.00 bits per heavy atom. The summed E-state index contributed by atoms with van der Waals surface area (Å²) >= 11 is 7.82. The van der Waals surface area contributed by atoms with E-state index in [1.807, 2.05) is 16.7 Å². The van der Waals surface area contributed by atoms with Gasteiger partial charge in [-0.25, -0.2) is 23.3 Å². The first-order valence-corrected chi connectivity index (χ1v) is 14.9. The first kappa shape index (κ1) is 24.3. The van der Waals surface area contributed by atoms with Crippen molar-refractivity contribution < 1.29 is 4.21 Å². The van der Waals surface area contributed by atoms with Crippen molar-refractivity contribution in [3.05, 3.63) is 64.7 Å². The Kier molecular flexibility index (Phi) is 5.53. The van der Waals surface area contributed by atoms with E-state index in [1.165, 1.54) is 28.5 Å². The molecule has 7 rings (SSSR count). The van der Waals surface area contributed by atoms with E-state index in [-0.39, 0.29) is 11.5 Å². The standard InChI is InChI=1S/C26H27ClN8OS2/c1-25(2)16-5-3-4-15-12-26(21(19(15)16)33-38(25)36)7-10-34(11-8-26)24-30-13-18(23-32-31-14-35(23)24)37-17-6-9-29-22(28)20(17)27/h3-6,9,13-14,21,33H,7-8,10-12H2,1-2H3,(H2,28,29)/t21-,38+/m1/s1. The van der Waals surface area contributed by atoms with Gasteiger partial charge in [-0.05, 0) is 61.3 Å². The number of halogens is 1. The van der Waals surface area contributed by atoms with E-state index in [2.05, 4.69) is 56.8 Å². The number of nitrogens with two attached hydrogens (primary N) is 1. The smallest absolute Gasteiger partial charge is 0.212 e. The molecule has 1 aliphatic carbocycles. The number of nitrogens with one attached hydrogen (secondary N) is 1. The number of nitrogens with zero attached hydrogens (tertiary/aromatic N) is 6. The summed E-state index contributed by atoms with van der Waals surface area (Å²) in [6, 6.07) is 8.48. The van der Waals surface area contributed by atoms with Gasteiger partial charge in [-0.3, -0.25) is 0 Å². The summed E-state index contributed by atoms with van der Waals surface area (Å²) in [4.78, 5) is 12.8. The quantitative estimate of drug-likeness (QED) is 0.377. The van der Waals surface area contributed by atoms with E-state index < -0.39 is 15.7 Å². The second-order valence-electron chi connectivity index (χ2n) is 10.8. The van der Waals surface area contributed by atoms with Crippen molar-refractivity contribution in [2.24, 2.45) is 5.41 Å². The summed E-state index contributed by atoms with van der Waals surface area (Å²) in [6.07, 6.45) is 8.13. The first-order chi connectivity index (χ1) is 18.3. The number of pyridine rings is 1. The summed E-state index contributed by atoms with van der Waals surface area (Å²) in [6.45, 7) is 5.84. The molecule has 38 heavy (non-hydrogen) atoms. The third-order valence-corrected chi connectivity index (χ3v) is 11.6. The van der Waals surface area contributed by atoms with Gasteiger partial charge in [0.25, 0.3) is 0 Å². The largest absolute Gasteiger partial charge is 0.382 e. The fourth-order valence-corrected chi connectivity index (χ4v) is 8.68. The second kappa shape index (κ2) is 8.64. The normalized spacial score (nSPS) is 23.2. The topological polar surface area (TPSA) is 114 Å². The Bertz CT molecular complexity index is 1610. The molecule has 12 heteroatoms. The fraction of sp³-hybridized carbons (Fsp3) is 0.385. The van der Waals surface area contributed by atoms with E-state index in [0.29, 0.717) is 10.8 Å². The minimum Gasteiger partial charge on any atom is -0.382 e. The zero-order chi connectivity index (χ0) is 26.2. The number of hydrogen-bond acceptors (Lipinski definition) is 8. The van der Waals surface area contributed by atoms with Crippen LogP contribution in [0.5, 0.6) is 0 Å². The predicted molar refractivity (Wildman–Crippen MR) is 150 cm³/mol. The van der Waals surface area contributed by atoms with Crippen molar-refractivity contribution in [1.82, 2.24) is 29.3 Å². The maximum atomic E-state index is 13.2. The number of benzene rings is 1. The average molecular weight is 567 g/mol. The van der Waals surface area contributed by atoms with Gasteiger partial charge >= 0.3 is 0 Å². The lowest BCUT2D eigenvalue weighted by atomic mass is 9.72. The molecule has 1 aromatic carbocycles. The highest BCUT2D eigenvalue weighted by molar-refractivity contribution is 7.99. The SMILES string of the molecule is CC1(C)c2cccc3c2[C@@H](N[S@]1=O)C1(CCN(c2ncc(Sc4ccnc(N)c4Cl)c4nncn24)CC1)C3. The molecule has 1 saturated heterocycles. The highest BCUT2D eigenvalue weighted by atomic mass is 35.5. The molecule has 4 aromatic rings. The average Bonchev–Trinajstić information content (AvgIpc) is 3.51. The predicted octanol–water partition coefficient (Wildman–Crippen LogP) is 4.29. The van der Waals surface area contributed by atoms with Crippen molar-refractivity contribution in [2.45, 2.75) is 53.7 Å². The molecule has 0 unspecified atom stereocenters. The third-order valence-electron chi connectivity index (χ3n) is 8.40. The van der Waals surface area contributed by atoms with Gasteiger partial charge in [-0.15, -0.1) is 10.2 Å². The molecule has 0 radical (unpaired) electrons. The Labute approximate surface area is 232 Å². The number of piperidine rings is 1. The number of aromatic nitrogens is 5. The third kappa shape index (κ3) is 3.52. The molecule has 0 amide bonds. The molecule has 1 spiro atoms. The van der Waals surface area contributed by atoms with E-state index in [0.717, 1.165) is 53.7 Å². The lowest BCUT2D eigenvalue weighted by molar-refractivity contribution is 0.174. The summed E-state index contributed by atoms with van der Waals surface area (Å²) in [5.74, 6) is 1.11. The van der Waals surface area contributed by atoms with Crippen LogP contribution in [-0.4, -0.2) is 41.9 Å². The number of anilines is 2. The van der Waals surface area contributed by atoms with Gasteiger partial charge in [0.05, 0.1) is 20.7 Å². The van der Waals surface area contributed by atoms with Gasteiger partial charge in [0.2, 0.25) is 5.95 Å². The molecule has 5 heterocycles. The molecule has 0 bridgehead atoms. The molecule has 196 valence electrons. The molecule has 3 N–H and O–H groups in total. The molecule has 2 atom stereocenters. The van der Waals surface area contributed by atoms with Crippen LogP contribution >= 0.6 is 23.4 Å². The lowest BCUT2D eigenvalue weighted by Gasteiger charge is -2.46. The van der Waals surface area contributed by atoms with Crippen LogP contribution in [-0.2, 0) is 22.2 Å². The summed E-state index contributed by atoms with van der Waals surface area (Å²) < 4.78 is 18.3. The van der Waals surface area contributed by atoms with E-state index in [1.54, 1.807) is 12.5 Å². The first-order valence-electron chi connectivity index (χ1n) is 12.6. The molecule has 9 nitrogen and oxygen atoms in total. The second-order valence-corrected chi connectivity index (χ2v) is 14.0. The monoisotopic (exact) mass is 566 g/mol. The zero-order valence-corrected chi connectivity index (χ0v) is 23.4. The van der Waals surface area contributed by atoms with Crippen molar-refractivity contribution in [3.63, 3.8) is 0 Å². The van der Waals surface area contributed by atoms with Crippen molar-refractivity contribution in [2.75, 3.05) is 23.7 Å². The summed E-state index contributed by atoms with van der Waals surface area (Å²) in [5, 5.41) is 8.98. The maximum absolute atomic E-state index is 13.2. The Balaban J connectivity index is 1.16. The molecule has 3 aromatic heterocycles. The highest BCUT2D eigenvalue weighted by Crippen LogP contribution is 2.57. The van der Waals surface area contributed by atoms with Crippen LogP contribution < -0.4 is 15.4 Å². The Morgan fingerprint density at radius 1 is 1.18 bits per heavy atom.